The van der Waals surface area contributed by atoms with Gasteiger partial charge in [0.1, 0.15) is 0 Å². The molecule has 1 aliphatic carbocycles. The summed E-state index contributed by atoms with van der Waals surface area (Å²) in [5.41, 5.74) is 0.599. The standard InChI is InChI=1S/C14H19NO4S/c1-2-15(10-12-3-4-12)20(18,19)13-7-5-11(6-8-13)9-14(16)17/h5-8,12H,2-4,9-10H2,1H3,(H,16,17). The Morgan fingerprint density at radius 2 is 1.90 bits per heavy atom. The number of aliphatic carboxylic acids is 1. The Morgan fingerprint density at radius 1 is 1.30 bits per heavy atom. The van der Waals surface area contributed by atoms with E-state index in [1.54, 1.807) is 12.1 Å². The first-order valence-corrected chi connectivity index (χ1v) is 8.18. The van der Waals surface area contributed by atoms with Crippen LogP contribution >= 0.6 is 0 Å². The molecule has 0 radical (unpaired) electrons. The Balaban J connectivity index is 2.17. The van der Waals surface area contributed by atoms with Crippen LogP contribution in [0.3, 0.4) is 0 Å². The molecule has 20 heavy (non-hydrogen) atoms. The van der Waals surface area contributed by atoms with E-state index in [1.165, 1.54) is 16.4 Å². The van der Waals surface area contributed by atoms with E-state index in [4.69, 9.17) is 5.11 Å². The minimum atomic E-state index is -3.47. The van der Waals surface area contributed by atoms with Crippen LogP contribution in [0.1, 0.15) is 25.3 Å². The van der Waals surface area contributed by atoms with Gasteiger partial charge in [-0.3, -0.25) is 4.79 Å². The maximum absolute atomic E-state index is 12.5. The number of benzene rings is 1. The van der Waals surface area contributed by atoms with Crippen molar-refractivity contribution in [2.24, 2.45) is 5.92 Å². The molecule has 0 aliphatic heterocycles. The number of rotatable bonds is 7. The average molecular weight is 297 g/mol. The summed E-state index contributed by atoms with van der Waals surface area (Å²) in [6.45, 7) is 2.87. The smallest absolute Gasteiger partial charge is 0.307 e. The lowest BCUT2D eigenvalue weighted by Crippen LogP contribution is -2.32. The molecule has 0 unspecified atom stereocenters. The van der Waals surface area contributed by atoms with Gasteiger partial charge in [0, 0.05) is 13.1 Å². The van der Waals surface area contributed by atoms with E-state index >= 15 is 0 Å². The first-order chi connectivity index (χ1) is 9.43. The highest BCUT2D eigenvalue weighted by atomic mass is 32.2. The fraction of sp³-hybridized carbons (Fsp3) is 0.500. The molecule has 1 aromatic carbocycles. The number of hydrogen-bond donors (Lipinski definition) is 1. The van der Waals surface area contributed by atoms with Gasteiger partial charge in [-0.2, -0.15) is 4.31 Å². The third kappa shape index (κ3) is 3.58. The largest absolute Gasteiger partial charge is 0.481 e. The number of carboxylic acid groups (broad SMARTS) is 1. The second kappa shape index (κ2) is 5.93. The molecule has 1 fully saturated rings. The van der Waals surface area contributed by atoms with E-state index in [-0.39, 0.29) is 11.3 Å². The lowest BCUT2D eigenvalue weighted by atomic mass is 10.2. The molecule has 0 saturated heterocycles. The minimum absolute atomic E-state index is 0.0973. The highest BCUT2D eigenvalue weighted by molar-refractivity contribution is 7.89. The van der Waals surface area contributed by atoms with Gasteiger partial charge in [0.15, 0.2) is 0 Å². The summed E-state index contributed by atoms with van der Waals surface area (Å²) >= 11 is 0. The van der Waals surface area contributed by atoms with Crippen molar-refractivity contribution in [3.63, 3.8) is 0 Å². The number of hydrogen-bond acceptors (Lipinski definition) is 3. The first-order valence-electron chi connectivity index (χ1n) is 6.74. The number of carbonyl (C=O) groups is 1. The van der Waals surface area contributed by atoms with Crippen LogP contribution < -0.4 is 0 Å². The summed E-state index contributed by atoms with van der Waals surface area (Å²) in [6.07, 6.45) is 2.10. The zero-order chi connectivity index (χ0) is 14.8. The van der Waals surface area contributed by atoms with Gasteiger partial charge >= 0.3 is 5.97 Å². The maximum Gasteiger partial charge on any atom is 0.307 e. The Labute approximate surface area is 119 Å². The Hall–Kier alpha value is -1.40. The molecule has 110 valence electrons. The van der Waals surface area contributed by atoms with Gasteiger partial charge in [-0.25, -0.2) is 8.42 Å². The van der Waals surface area contributed by atoms with Gasteiger partial charge in [-0.15, -0.1) is 0 Å². The topological polar surface area (TPSA) is 74.7 Å². The minimum Gasteiger partial charge on any atom is -0.481 e. The molecule has 2 rings (SSSR count). The zero-order valence-corrected chi connectivity index (χ0v) is 12.3. The highest BCUT2D eigenvalue weighted by Crippen LogP contribution is 2.31. The third-order valence-electron chi connectivity index (χ3n) is 3.43. The molecule has 0 spiro atoms. The van der Waals surface area contributed by atoms with Gasteiger partial charge in [0.25, 0.3) is 0 Å². The summed E-state index contributed by atoms with van der Waals surface area (Å²) in [5.74, 6) is -0.430. The van der Waals surface area contributed by atoms with Crippen LogP contribution in [0.15, 0.2) is 29.2 Å². The SMILES string of the molecule is CCN(CC1CC1)S(=O)(=O)c1ccc(CC(=O)O)cc1. The summed E-state index contributed by atoms with van der Waals surface area (Å²) in [4.78, 5) is 10.8. The van der Waals surface area contributed by atoms with Crippen molar-refractivity contribution in [2.75, 3.05) is 13.1 Å². The lowest BCUT2D eigenvalue weighted by Gasteiger charge is -2.20. The third-order valence-corrected chi connectivity index (χ3v) is 5.38. The van der Waals surface area contributed by atoms with E-state index in [0.717, 1.165) is 12.8 Å². The van der Waals surface area contributed by atoms with Gasteiger partial charge in [-0.05, 0) is 36.5 Å². The summed E-state index contributed by atoms with van der Waals surface area (Å²) < 4.78 is 26.4. The van der Waals surface area contributed by atoms with Crippen LogP contribution in [0.2, 0.25) is 0 Å². The summed E-state index contributed by atoms with van der Waals surface area (Å²) in [6, 6.07) is 6.10. The van der Waals surface area contributed by atoms with Gasteiger partial charge < -0.3 is 5.11 Å². The highest BCUT2D eigenvalue weighted by Gasteiger charge is 2.30. The fourth-order valence-electron chi connectivity index (χ4n) is 2.09. The second-order valence-corrected chi connectivity index (χ2v) is 7.05. The second-order valence-electron chi connectivity index (χ2n) is 5.11. The Morgan fingerprint density at radius 3 is 2.35 bits per heavy atom. The van der Waals surface area contributed by atoms with Gasteiger partial charge in [0.05, 0.1) is 11.3 Å². The number of carboxylic acids is 1. The number of nitrogens with zero attached hydrogens (tertiary/aromatic N) is 1. The molecule has 1 N–H and O–H groups in total. The van der Waals surface area contributed by atoms with Crippen LogP contribution in [-0.4, -0.2) is 36.9 Å². The van der Waals surface area contributed by atoms with Crippen molar-refractivity contribution in [1.82, 2.24) is 4.31 Å². The molecule has 6 heteroatoms. The summed E-state index contributed by atoms with van der Waals surface area (Å²) in [5, 5.41) is 8.70. The summed E-state index contributed by atoms with van der Waals surface area (Å²) in [7, 11) is -3.47. The lowest BCUT2D eigenvalue weighted by molar-refractivity contribution is -0.136. The molecular formula is C14H19NO4S. The quantitative estimate of drug-likeness (QED) is 0.831. The Kier molecular flexibility index (Phi) is 4.45. The molecule has 0 amide bonds. The number of sulfonamides is 1. The van der Waals surface area contributed by atoms with Crippen LogP contribution in [0, 0.1) is 5.92 Å². The maximum atomic E-state index is 12.5. The molecule has 1 saturated carbocycles. The molecule has 0 aromatic heterocycles. The van der Waals surface area contributed by atoms with Crippen molar-refractivity contribution in [2.45, 2.75) is 31.1 Å². The van der Waals surface area contributed by atoms with E-state index in [1.807, 2.05) is 6.92 Å². The van der Waals surface area contributed by atoms with Crippen molar-refractivity contribution in [1.29, 1.82) is 0 Å². The van der Waals surface area contributed by atoms with Crippen LogP contribution in [0.4, 0.5) is 0 Å². The normalized spacial score (nSPS) is 15.5. The predicted octanol–water partition coefficient (Wildman–Crippen LogP) is 1.73. The molecular weight excluding hydrogens is 278 g/mol. The van der Waals surface area contributed by atoms with E-state index in [0.29, 0.717) is 24.6 Å². The van der Waals surface area contributed by atoms with Crippen molar-refractivity contribution in [3.05, 3.63) is 29.8 Å². The zero-order valence-electron chi connectivity index (χ0n) is 11.4. The van der Waals surface area contributed by atoms with Crippen molar-refractivity contribution in [3.8, 4) is 0 Å². The molecule has 0 bridgehead atoms. The first kappa shape index (κ1) is 15.0. The predicted molar refractivity (Wildman–Crippen MR) is 74.9 cm³/mol. The molecule has 1 aromatic rings. The van der Waals surface area contributed by atoms with Crippen LogP contribution in [-0.2, 0) is 21.2 Å². The monoisotopic (exact) mass is 297 g/mol. The van der Waals surface area contributed by atoms with Crippen molar-refractivity contribution >= 4 is 16.0 Å². The molecule has 1 aliphatic rings. The molecule has 0 atom stereocenters. The molecule has 0 heterocycles. The van der Waals surface area contributed by atoms with Gasteiger partial charge in [-0.1, -0.05) is 19.1 Å². The van der Waals surface area contributed by atoms with E-state index in [2.05, 4.69) is 0 Å². The molecule has 5 nitrogen and oxygen atoms in total. The van der Waals surface area contributed by atoms with Gasteiger partial charge in [0.2, 0.25) is 10.0 Å². The van der Waals surface area contributed by atoms with Crippen LogP contribution in [0.5, 0.6) is 0 Å². The fourth-order valence-corrected chi connectivity index (χ4v) is 3.61. The Bertz CT molecular complexity index is 576. The van der Waals surface area contributed by atoms with Crippen molar-refractivity contribution < 1.29 is 18.3 Å². The van der Waals surface area contributed by atoms with Crippen LogP contribution in [0.25, 0.3) is 0 Å². The van der Waals surface area contributed by atoms with E-state index < -0.39 is 16.0 Å². The average Bonchev–Trinajstić information content (AvgIpc) is 3.19. The van der Waals surface area contributed by atoms with E-state index in [9.17, 15) is 13.2 Å².